The first-order valence-electron chi connectivity index (χ1n) is 28.5. The van der Waals surface area contributed by atoms with Gasteiger partial charge in [0, 0.05) is 12.8 Å². The minimum atomic E-state index is -4.63. The van der Waals surface area contributed by atoms with Gasteiger partial charge in [-0.15, -0.1) is 0 Å². The highest BCUT2D eigenvalue weighted by atomic mass is 31.2. The predicted octanol–water partition coefficient (Wildman–Crippen LogP) is 16.8. The molecule has 10 heteroatoms. The molecule has 0 aromatic heterocycles. The second-order valence-corrected chi connectivity index (χ2v) is 22.1. The van der Waals surface area contributed by atoms with Crippen LogP contribution in [0.4, 0.5) is 0 Å². The number of carbonyl (C=O) groups is 2. The lowest BCUT2D eigenvalue weighted by atomic mass is 10.0. The summed E-state index contributed by atoms with van der Waals surface area (Å²) in [5, 5.41) is 0. The quantitative estimate of drug-likeness (QED) is 0.0195. The normalized spacial score (nSPS) is 13.5. The van der Waals surface area contributed by atoms with E-state index in [0.717, 1.165) is 51.4 Å². The average molecular weight is 968 g/mol. The van der Waals surface area contributed by atoms with Crippen molar-refractivity contribution in [3.8, 4) is 0 Å². The van der Waals surface area contributed by atoms with Gasteiger partial charge in [-0.25, -0.2) is 0 Å². The molecule has 0 aliphatic rings. The largest absolute Gasteiger partial charge is 0.756 e. The fourth-order valence-electron chi connectivity index (χ4n) is 8.28. The summed E-state index contributed by atoms with van der Waals surface area (Å²) in [4.78, 5) is 37.8. The number of rotatable bonds is 53. The van der Waals surface area contributed by atoms with Crippen molar-refractivity contribution in [3.05, 3.63) is 24.3 Å². The maximum absolute atomic E-state index is 12.8. The Morgan fingerprint density at radius 1 is 0.463 bits per heavy atom. The van der Waals surface area contributed by atoms with Crippen LogP contribution < -0.4 is 4.89 Å². The number of phosphoric ester groups is 1. The number of hydrogen-bond acceptors (Lipinski definition) is 8. The SMILES string of the molecule is CCCCCCC/C=C\C/C=C\CCCCCCCCCCCC(=O)OC(COC(=O)CCCCCCCCCCCCCCCCCCCCCCCC)COP(=O)([O-])OCC[N+](C)(C)C. The Kier molecular flexibility index (Phi) is 48.4. The van der Waals surface area contributed by atoms with E-state index in [4.69, 9.17) is 18.5 Å². The molecule has 0 heterocycles. The molecule has 0 aromatic rings. The second kappa shape index (κ2) is 49.5. The van der Waals surface area contributed by atoms with Crippen LogP contribution >= 0.6 is 7.82 Å². The molecule has 0 aliphatic heterocycles. The number of quaternary nitrogens is 1. The minimum absolute atomic E-state index is 0.0293. The van der Waals surface area contributed by atoms with Gasteiger partial charge in [-0.2, -0.15) is 0 Å². The van der Waals surface area contributed by atoms with Crippen molar-refractivity contribution < 1.29 is 42.1 Å². The van der Waals surface area contributed by atoms with Gasteiger partial charge in [0.25, 0.3) is 7.82 Å². The third-order valence-electron chi connectivity index (χ3n) is 12.7. The van der Waals surface area contributed by atoms with E-state index in [9.17, 15) is 19.0 Å². The molecule has 0 fully saturated rings. The molecule has 0 radical (unpaired) electrons. The van der Waals surface area contributed by atoms with E-state index >= 15 is 0 Å². The fraction of sp³-hybridized carbons (Fsp3) is 0.895. The highest BCUT2D eigenvalue weighted by Crippen LogP contribution is 2.38. The molecule has 0 N–H and O–H groups in total. The molecule has 0 aliphatic carbocycles. The van der Waals surface area contributed by atoms with E-state index in [-0.39, 0.29) is 32.0 Å². The number of hydrogen-bond donors (Lipinski definition) is 0. The maximum Gasteiger partial charge on any atom is 0.306 e. The van der Waals surface area contributed by atoms with E-state index in [0.29, 0.717) is 17.4 Å². The number of likely N-dealkylation sites (N-methyl/N-ethyl adjacent to an activating group) is 1. The van der Waals surface area contributed by atoms with Gasteiger partial charge in [0.15, 0.2) is 6.10 Å². The van der Waals surface area contributed by atoms with Crippen molar-refractivity contribution in [1.82, 2.24) is 0 Å². The topological polar surface area (TPSA) is 111 Å². The predicted molar refractivity (Wildman–Crippen MR) is 282 cm³/mol. The van der Waals surface area contributed by atoms with Crippen LogP contribution in [0.5, 0.6) is 0 Å². The van der Waals surface area contributed by atoms with Crippen molar-refractivity contribution in [2.45, 2.75) is 283 Å². The van der Waals surface area contributed by atoms with Gasteiger partial charge < -0.3 is 27.9 Å². The van der Waals surface area contributed by atoms with Gasteiger partial charge in [-0.3, -0.25) is 14.2 Å². The number of allylic oxidation sites excluding steroid dienone is 4. The number of carbonyl (C=O) groups excluding carboxylic acids is 2. The first kappa shape index (κ1) is 65.5. The molecular formula is C57H110NO8P. The van der Waals surface area contributed by atoms with E-state index in [2.05, 4.69) is 38.2 Å². The number of phosphoric acid groups is 1. The Balaban J connectivity index is 4.16. The Labute approximate surface area is 415 Å². The van der Waals surface area contributed by atoms with E-state index < -0.39 is 26.5 Å². The van der Waals surface area contributed by atoms with Gasteiger partial charge >= 0.3 is 11.9 Å². The van der Waals surface area contributed by atoms with Crippen LogP contribution in [0.15, 0.2) is 24.3 Å². The summed E-state index contributed by atoms with van der Waals surface area (Å²) in [6, 6.07) is 0. The molecule has 0 aromatic carbocycles. The summed E-state index contributed by atoms with van der Waals surface area (Å²) in [5.74, 6) is -0.823. The lowest BCUT2D eigenvalue weighted by Gasteiger charge is -2.28. The molecule has 9 nitrogen and oxygen atoms in total. The zero-order valence-corrected chi connectivity index (χ0v) is 45.8. The first-order chi connectivity index (χ1) is 32.5. The summed E-state index contributed by atoms with van der Waals surface area (Å²) in [5.41, 5.74) is 0. The van der Waals surface area contributed by atoms with Gasteiger partial charge in [-0.1, -0.05) is 244 Å². The molecule has 2 atom stereocenters. The number of unbranched alkanes of at least 4 members (excludes halogenated alkanes) is 35. The van der Waals surface area contributed by atoms with Gasteiger partial charge in [0.2, 0.25) is 0 Å². The fourth-order valence-corrected chi connectivity index (χ4v) is 9.01. The van der Waals surface area contributed by atoms with Crippen LogP contribution in [-0.4, -0.2) is 70.0 Å². The smallest absolute Gasteiger partial charge is 0.306 e. The average Bonchev–Trinajstić information content (AvgIpc) is 3.29. The maximum atomic E-state index is 12.8. The van der Waals surface area contributed by atoms with E-state index in [1.165, 1.54) is 193 Å². The lowest BCUT2D eigenvalue weighted by Crippen LogP contribution is -2.37. The van der Waals surface area contributed by atoms with Crippen LogP contribution in [0, 0.1) is 0 Å². The van der Waals surface area contributed by atoms with Gasteiger partial charge in [0.1, 0.15) is 19.8 Å². The summed E-state index contributed by atoms with van der Waals surface area (Å²) in [7, 11) is 1.18. The molecule has 0 spiro atoms. The molecule has 0 amide bonds. The Morgan fingerprint density at radius 2 is 0.806 bits per heavy atom. The zero-order chi connectivity index (χ0) is 49.2. The van der Waals surface area contributed by atoms with Crippen LogP contribution in [0.3, 0.4) is 0 Å². The minimum Gasteiger partial charge on any atom is -0.756 e. The number of esters is 2. The molecule has 2 unspecified atom stereocenters. The third-order valence-corrected chi connectivity index (χ3v) is 13.7. The lowest BCUT2D eigenvalue weighted by molar-refractivity contribution is -0.870. The van der Waals surface area contributed by atoms with Crippen LogP contribution in [-0.2, 0) is 32.7 Å². The van der Waals surface area contributed by atoms with Gasteiger partial charge in [0.05, 0.1) is 27.7 Å². The van der Waals surface area contributed by atoms with Crippen LogP contribution in [0.25, 0.3) is 0 Å². The standard InChI is InChI=1S/C57H110NO8P/c1-6-8-10-12-14-16-18-20-22-24-26-28-30-31-33-35-37-39-41-43-45-47-49-56(59)63-53-55(54-65-67(61,62)64-52-51-58(3,4)5)66-57(60)50-48-46-44-42-40-38-36-34-32-29-27-25-23-21-19-17-15-13-11-9-7-2/h19,21,25,27,55H,6-18,20,22-24,26,28-54H2,1-5H3/b21-19-,27-25-. The van der Waals surface area contributed by atoms with Crippen molar-refractivity contribution in [2.75, 3.05) is 47.5 Å². The van der Waals surface area contributed by atoms with Crippen LogP contribution in [0.1, 0.15) is 277 Å². The number of ether oxygens (including phenoxy) is 2. The summed E-state index contributed by atoms with van der Waals surface area (Å²) >= 11 is 0. The Bertz CT molecular complexity index is 1190. The summed E-state index contributed by atoms with van der Waals surface area (Å²) < 4.78 is 34.2. The second-order valence-electron chi connectivity index (χ2n) is 20.7. The molecule has 0 saturated carbocycles. The molecule has 67 heavy (non-hydrogen) atoms. The Morgan fingerprint density at radius 3 is 1.18 bits per heavy atom. The van der Waals surface area contributed by atoms with Crippen molar-refractivity contribution >= 4 is 19.8 Å². The van der Waals surface area contributed by atoms with Crippen LogP contribution in [0.2, 0.25) is 0 Å². The third kappa shape index (κ3) is 53.7. The summed E-state index contributed by atoms with van der Waals surface area (Å²) in [6.07, 6.45) is 57.9. The van der Waals surface area contributed by atoms with Crippen molar-refractivity contribution in [3.63, 3.8) is 0 Å². The van der Waals surface area contributed by atoms with Gasteiger partial charge in [-0.05, 0) is 44.9 Å². The number of nitrogens with zero attached hydrogens (tertiary/aromatic N) is 1. The monoisotopic (exact) mass is 968 g/mol. The molecule has 396 valence electrons. The van der Waals surface area contributed by atoms with Crippen molar-refractivity contribution in [2.24, 2.45) is 0 Å². The molecule has 0 rings (SSSR count). The highest BCUT2D eigenvalue weighted by Gasteiger charge is 2.22. The molecule has 0 bridgehead atoms. The van der Waals surface area contributed by atoms with E-state index in [1.54, 1.807) is 0 Å². The molecular weight excluding hydrogens is 858 g/mol. The first-order valence-corrected chi connectivity index (χ1v) is 30.0. The van der Waals surface area contributed by atoms with E-state index in [1.807, 2.05) is 21.1 Å². The molecule has 0 saturated heterocycles. The van der Waals surface area contributed by atoms with Crippen molar-refractivity contribution in [1.29, 1.82) is 0 Å². The zero-order valence-electron chi connectivity index (χ0n) is 44.9. The summed E-state index contributed by atoms with van der Waals surface area (Å²) in [6.45, 7) is 4.27. The Hall–Kier alpha value is -1.51. The highest BCUT2D eigenvalue weighted by molar-refractivity contribution is 7.45.